The van der Waals surface area contributed by atoms with Crippen molar-refractivity contribution in [3.63, 3.8) is 0 Å². The van der Waals surface area contributed by atoms with E-state index in [0.717, 1.165) is 0 Å². The third-order valence-corrected chi connectivity index (χ3v) is 98.3. The van der Waals surface area contributed by atoms with Crippen molar-refractivity contribution < 1.29 is 49.3 Å². The van der Waals surface area contributed by atoms with Gasteiger partial charge in [0.2, 0.25) is 35.7 Å². The van der Waals surface area contributed by atoms with Gasteiger partial charge in [-0.2, -0.15) is 0 Å². The van der Waals surface area contributed by atoms with Gasteiger partial charge in [0.1, 0.15) is 0 Å². The van der Waals surface area contributed by atoms with Gasteiger partial charge in [-0.1, -0.05) is 0 Å². The summed E-state index contributed by atoms with van der Waals surface area (Å²) in [5.41, 5.74) is 5.98. The van der Waals surface area contributed by atoms with Crippen LogP contribution in [0.2, 0.25) is 64.1 Å². The predicted molar refractivity (Wildman–Crippen MR) is 158 cm³/mol. The van der Waals surface area contributed by atoms with E-state index >= 15 is 0 Å². The molecule has 3 unspecified atom stereocenters. The van der Waals surface area contributed by atoms with Gasteiger partial charge in [-0.25, -0.2) is 0 Å². The molecule has 1 aliphatic rings. The van der Waals surface area contributed by atoms with Gasteiger partial charge in [0.15, 0.2) is 17.4 Å². The molecule has 0 aromatic rings. The van der Waals surface area contributed by atoms with E-state index in [2.05, 4.69) is 0 Å². The van der Waals surface area contributed by atoms with Crippen molar-refractivity contribution in [2.75, 3.05) is 6.54 Å². The molecule has 1 fully saturated rings. The van der Waals surface area contributed by atoms with Crippen molar-refractivity contribution in [3.8, 4) is 0 Å². The summed E-state index contributed by atoms with van der Waals surface area (Å²) in [6, 6.07) is 0.638. The fraction of sp³-hybridized carbons (Fsp3) is 1.00. The maximum Gasteiger partial charge on any atom is 0.418 e. The second kappa shape index (κ2) is 13.4. The zero-order valence-corrected chi connectivity index (χ0v) is 34.1. The molecule has 24 heteroatoms. The molecule has 9 radical (unpaired) electrons. The summed E-state index contributed by atoms with van der Waals surface area (Å²) < 4.78 is 32.9. The molecule has 1 rings (SSSR count). The summed E-state index contributed by atoms with van der Waals surface area (Å²) >= 11 is 0. The zero-order valence-electron chi connectivity index (χ0n) is 22.1. The van der Waals surface area contributed by atoms with Crippen LogP contribution in [0.3, 0.4) is 0 Å². The lowest BCUT2D eigenvalue weighted by atomic mass is 10.5. The first kappa shape index (κ1) is 36.1. The molecule has 0 saturated carbocycles. The average Bonchev–Trinajstić information content (AvgIpc) is 2.69. The van der Waals surface area contributed by atoms with Crippen LogP contribution in [-0.4, -0.2) is 137 Å². The molecule has 1 saturated heterocycles. The molecular formula is C12H40NO11Si12. The molecule has 36 heavy (non-hydrogen) atoms. The molecule has 0 amide bonds. The van der Waals surface area contributed by atoms with Crippen molar-refractivity contribution >= 4 is 101 Å². The van der Waals surface area contributed by atoms with E-state index in [9.17, 15) is 28.8 Å². The first-order valence-electron chi connectivity index (χ1n) is 11.4. The monoisotopic (exact) mass is 710 g/mol. The first-order chi connectivity index (χ1) is 16.3. The number of hydrogen-bond acceptors (Lipinski definition) is 12. The zero-order chi connectivity index (χ0) is 28.3. The van der Waals surface area contributed by atoms with Gasteiger partial charge < -0.3 is 55.1 Å². The van der Waals surface area contributed by atoms with Gasteiger partial charge in [-0.15, -0.1) is 0 Å². The Morgan fingerprint density at radius 2 is 1.58 bits per heavy atom. The van der Waals surface area contributed by atoms with Crippen LogP contribution in [0, 0.1) is 0 Å². The Hall–Kier alpha value is 2.12. The Morgan fingerprint density at radius 1 is 1.03 bits per heavy atom. The third kappa shape index (κ3) is 7.90. The van der Waals surface area contributed by atoms with Crippen molar-refractivity contribution in [2.45, 2.75) is 70.5 Å². The summed E-state index contributed by atoms with van der Waals surface area (Å²) in [6.07, 6.45) is 0.684. The summed E-state index contributed by atoms with van der Waals surface area (Å²) in [5, 5.41) is 0. The second-order valence-corrected chi connectivity index (χ2v) is 66.9. The van der Waals surface area contributed by atoms with E-state index in [1.165, 1.54) is 13.1 Å². The molecule has 1 heterocycles. The van der Waals surface area contributed by atoms with Crippen LogP contribution >= 0.6 is 0 Å². The standard InChI is InChI=1S/C12H40NO11Si12/c1-29(11-9-10-13)21-35(26-15,27-16)34(23-31(4,5)18)24-32(6,7)22-30(2,3)12-33(8,19)36(34,28-17)20-25-14/h14-19H,9-13H2,1-8H3. The molecule has 8 N–H and O–H groups in total. The Labute approximate surface area is 232 Å². The van der Waals surface area contributed by atoms with E-state index in [4.69, 9.17) is 26.3 Å². The summed E-state index contributed by atoms with van der Waals surface area (Å²) in [4.78, 5) is 66.8. The van der Waals surface area contributed by atoms with Crippen LogP contribution in [0.15, 0.2) is 0 Å². The largest absolute Gasteiger partial charge is 0.455 e. The lowest BCUT2D eigenvalue weighted by Crippen LogP contribution is -2.98. The number of hydrogen-bond donors (Lipinski definition) is 7. The van der Waals surface area contributed by atoms with Gasteiger partial charge in [0.25, 0.3) is 13.7 Å². The fourth-order valence-electron chi connectivity index (χ4n) is 4.70. The van der Waals surface area contributed by atoms with Crippen LogP contribution in [0.25, 0.3) is 0 Å². The SMILES string of the molecule is C[Si](CCCN)O[Si]([Si]O)([Si]O)[Si]1(O[Si](C)(C)O)O[Si](C)(C)O[Si](C)(C)C[Si](C)(O)[Si]1(O[Si]O)[Si]O. The Kier molecular flexibility index (Phi) is 13.5. The summed E-state index contributed by atoms with van der Waals surface area (Å²) in [5.74, 6) is 0. The van der Waals surface area contributed by atoms with Crippen molar-refractivity contribution in [1.29, 1.82) is 0 Å². The van der Waals surface area contributed by atoms with E-state index in [-0.39, 0.29) is 5.67 Å². The number of rotatable bonds is 13. The highest BCUT2D eigenvalue weighted by atomic mass is 30.2. The minimum absolute atomic E-state index is 0.278. The van der Waals surface area contributed by atoms with Crippen molar-refractivity contribution in [1.82, 2.24) is 0 Å². The molecule has 0 spiro atoms. The van der Waals surface area contributed by atoms with Gasteiger partial charge in [0, 0.05) is 0 Å². The Morgan fingerprint density at radius 3 is 2.00 bits per heavy atom. The topological polar surface area (TPSA) is 194 Å². The van der Waals surface area contributed by atoms with Gasteiger partial charge in [-0.3, -0.25) is 0 Å². The van der Waals surface area contributed by atoms with Crippen LogP contribution in [0.4, 0.5) is 0 Å². The Bertz CT molecular complexity index is 714. The highest BCUT2D eigenvalue weighted by Crippen LogP contribution is 2.44. The number of nitrogens with two attached hydrogens (primary N) is 1. The highest BCUT2D eigenvalue weighted by molar-refractivity contribution is 7.99. The van der Waals surface area contributed by atoms with E-state index in [1.54, 1.807) is 6.55 Å². The normalized spacial score (nSPS) is 31.3. The Balaban J connectivity index is 4.20. The van der Waals surface area contributed by atoms with E-state index in [0.29, 0.717) is 19.0 Å². The third-order valence-electron chi connectivity index (χ3n) is 5.49. The molecule has 0 bridgehead atoms. The predicted octanol–water partition coefficient (Wildman–Crippen LogP) is -2.82. The van der Waals surface area contributed by atoms with Crippen molar-refractivity contribution in [3.05, 3.63) is 0 Å². The van der Waals surface area contributed by atoms with Crippen LogP contribution < -0.4 is 5.73 Å². The van der Waals surface area contributed by atoms with Crippen LogP contribution in [0.1, 0.15) is 6.42 Å². The molecule has 0 aromatic heterocycles. The van der Waals surface area contributed by atoms with E-state index < -0.39 is 101 Å². The maximum atomic E-state index is 12.3. The van der Waals surface area contributed by atoms with Gasteiger partial charge in [0.05, 0.1) is 0 Å². The highest BCUT2D eigenvalue weighted by Gasteiger charge is 2.84. The van der Waals surface area contributed by atoms with Crippen molar-refractivity contribution in [2.24, 2.45) is 5.73 Å². The van der Waals surface area contributed by atoms with E-state index in [1.807, 2.05) is 32.7 Å². The lowest BCUT2D eigenvalue weighted by Gasteiger charge is -2.60. The average molecular weight is 711 g/mol. The molecule has 0 aromatic carbocycles. The quantitative estimate of drug-likeness (QED) is 0.0972. The maximum absolute atomic E-state index is 12.3. The smallest absolute Gasteiger partial charge is 0.418 e. The molecule has 207 valence electrons. The summed E-state index contributed by atoms with van der Waals surface area (Å²) in [6.45, 7) is 6.65. The minimum Gasteiger partial charge on any atom is -0.455 e. The van der Waals surface area contributed by atoms with Gasteiger partial charge >= 0.3 is 34.7 Å². The first-order valence-corrected chi connectivity index (χ1v) is 40.2. The summed E-state index contributed by atoms with van der Waals surface area (Å²) in [7, 11) is -22.9. The van der Waals surface area contributed by atoms with Crippen LogP contribution in [-0.2, 0) is 20.6 Å². The fourth-order valence-corrected chi connectivity index (χ4v) is 154. The minimum atomic E-state index is -4.37. The molecule has 3 atom stereocenters. The lowest BCUT2D eigenvalue weighted by molar-refractivity contribution is 0.301. The van der Waals surface area contributed by atoms with Gasteiger partial charge in [-0.05, 0) is 77.1 Å². The van der Waals surface area contributed by atoms with Crippen LogP contribution in [0.5, 0.6) is 0 Å². The molecule has 0 aliphatic carbocycles. The second-order valence-electron chi connectivity index (χ2n) is 10.6. The molecule has 12 nitrogen and oxygen atoms in total. The molecular weight excluding hydrogens is 671 g/mol. The molecule has 1 aliphatic heterocycles.